The third kappa shape index (κ3) is 4.37. The Bertz CT molecular complexity index is 1050. The minimum Gasteiger partial charge on any atom is -0.393 e. The van der Waals surface area contributed by atoms with E-state index in [4.69, 9.17) is 14.6 Å². The van der Waals surface area contributed by atoms with Crippen molar-refractivity contribution < 1.29 is 14.6 Å². The van der Waals surface area contributed by atoms with E-state index in [0.29, 0.717) is 24.4 Å². The zero-order valence-corrected chi connectivity index (χ0v) is 18.8. The van der Waals surface area contributed by atoms with Crippen LogP contribution in [0.4, 0.5) is 5.95 Å². The van der Waals surface area contributed by atoms with Gasteiger partial charge in [-0.3, -0.25) is 4.68 Å². The fourth-order valence-electron chi connectivity index (χ4n) is 4.74. The molecule has 2 fully saturated rings. The molecule has 0 aromatic carbocycles. The first-order valence-corrected chi connectivity index (χ1v) is 11.5. The third-order valence-electron chi connectivity index (χ3n) is 6.55. The number of rotatable bonds is 8. The summed E-state index contributed by atoms with van der Waals surface area (Å²) in [6.45, 7) is 5.13. The molecule has 2 aliphatic rings. The summed E-state index contributed by atoms with van der Waals surface area (Å²) in [5, 5.41) is 22.7. The normalized spacial score (nSPS) is 22.7. The van der Waals surface area contributed by atoms with Crippen LogP contribution in [0.2, 0.25) is 0 Å². The average molecular weight is 441 g/mol. The molecule has 2 N–H and O–H groups in total. The average Bonchev–Trinajstić information content (AvgIpc) is 3.36. The molecule has 0 unspecified atom stereocenters. The van der Waals surface area contributed by atoms with Crippen LogP contribution in [0.3, 0.4) is 0 Å². The number of fused-ring (bicyclic) bond motifs is 1. The van der Waals surface area contributed by atoms with Gasteiger partial charge in [0.1, 0.15) is 0 Å². The van der Waals surface area contributed by atoms with Crippen molar-refractivity contribution >= 4 is 11.5 Å². The van der Waals surface area contributed by atoms with Crippen molar-refractivity contribution in [3.05, 3.63) is 30.4 Å². The number of ether oxygens (including phenoxy) is 2. The largest absolute Gasteiger partial charge is 0.393 e. The van der Waals surface area contributed by atoms with E-state index in [9.17, 15) is 5.11 Å². The van der Waals surface area contributed by atoms with Gasteiger partial charge in [-0.25, -0.2) is 9.50 Å². The second-order valence-corrected chi connectivity index (χ2v) is 9.22. The summed E-state index contributed by atoms with van der Waals surface area (Å²) in [4.78, 5) is 4.58. The number of aliphatic hydroxyl groups excluding tert-OH is 1. The Hall–Kier alpha value is -2.49. The summed E-state index contributed by atoms with van der Waals surface area (Å²) >= 11 is 0. The summed E-state index contributed by atoms with van der Waals surface area (Å²) in [6, 6.07) is 2.34. The van der Waals surface area contributed by atoms with E-state index in [1.54, 1.807) is 7.11 Å². The molecule has 172 valence electrons. The first kappa shape index (κ1) is 21.4. The highest BCUT2D eigenvalue weighted by Crippen LogP contribution is 2.37. The molecule has 3 aromatic heterocycles. The summed E-state index contributed by atoms with van der Waals surface area (Å²) in [6.07, 6.45) is 9.31. The number of methoxy groups -OCH3 is 1. The van der Waals surface area contributed by atoms with Crippen molar-refractivity contribution in [3.63, 3.8) is 0 Å². The highest BCUT2D eigenvalue weighted by Gasteiger charge is 2.26. The summed E-state index contributed by atoms with van der Waals surface area (Å²) < 4.78 is 14.6. The molecular weight excluding hydrogens is 408 g/mol. The molecule has 32 heavy (non-hydrogen) atoms. The van der Waals surface area contributed by atoms with Gasteiger partial charge in [-0.15, -0.1) is 5.10 Å². The second-order valence-electron chi connectivity index (χ2n) is 9.22. The topological polar surface area (TPSA) is 98.7 Å². The molecule has 0 amide bonds. The van der Waals surface area contributed by atoms with Crippen molar-refractivity contribution in [1.29, 1.82) is 0 Å². The number of aliphatic hydroxyl groups is 1. The van der Waals surface area contributed by atoms with Gasteiger partial charge in [0.2, 0.25) is 5.95 Å². The number of hydrogen-bond acceptors (Lipinski definition) is 7. The summed E-state index contributed by atoms with van der Waals surface area (Å²) in [7, 11) is 1.69. The van der Waals surface area contributed by atoms with Gasteiger partial charge in [0, 0.05) is 54.5 Å². The molecule has 0 spiro atoms. The van der Waals surface area contributed by atoms with Crippen LogP contribution in [-0.4, -0.2) is 68.6 Å². The summed E-state index contributed by atoms with van der Waals surface area (Å²) in [5.74, 6) is 1.49. The Labute approximate surface area is 187 Å². The molecule has 0 radical (unpaired) electrons. The second kappa shape index (κ2) is 9.17. The van der Waals surface area contributed by atoms with Gasteiger partial charge in [0.05, 0.1) is 43.8 Å². The van der Waals surface area contributed by atoms with Crippen molar-refractivity contribution in [1.82, 2.24) is 24.4 Å². The maximum atomic E-state index is 9.99. The number of aromatic nitrogens is 5. The van der Waals surface area contributed by atoms with Gasteiger partial charge in [0.15, 0.2) is 0 Å². The van der Waals surface area contributed by atoms with Crippen LogP contribution in [0.5, 0.6) is 0 Å². The molecule has 9 heteroatoms. The predicted octanol–water partition coefficient (Wildman–Crippen LogP) is 2.70. The van der Waals surface area contributed by atoms with E-state index in [0.717, 1.165) is 62.1 Å². The molecule has 5 rings (SSSR count). The van der Waals surface area contributed by atoms with E-state index in [2.05, 4.69) is 27.7 Å². The number of nitrogens with zero attached hydrogens (tertiary/aromatic N) is 5. The summed E-state index contributed by atoms with van der Waals surface area (Å²) in [5.41, 5.74) is 4.31. The molecule has 1 aliphatic heterocycles. The molecule has 1 saturated carbocycles. The van der Waals surface area contributed by atoms with Crippen molar-refractivity contribution in [2.75, 3.05) is 32.2 Å². The molecule has 0 bridgehead atoms. The fourth-order valence-corrected chi connectivity index (χ4v) is 4.74. The zero-order valence-electron chi connectivity index (χ0n) is 18.8. The van der Waals surface area contributed by atoms with E-state index in [-0.39, 0.29) is 12.1 Å². The van der Waals surface area contributed by atoms with Crippen LogP contribution in [-0.2, 0) is 16.0 Å². The van der Waals surface area contributed by atoms with Gasteiger partial charge in [-0.1, -0.05) is 0 Å². The van der Waals surface area contributed by atoms with Crippen molar-refractivity contribution in [2.24, 2.45) is 5.92 Å². The first-order valence-electron chi connectivity index (χ1n) is 11.5. The number of anilines is 1. The van der Waals surface area contributed by atoms with Crippen LogP contribution in [0.25, 0.3) is 16.6 Å². The third-order valence-corrected chi connectivity index (χ3v) is 6.55. The lowest BCUT2D eigenvalue weighted by Crippen LogP contribution is -2.31. The molecule has 1 saturated heterocycles. The Morgan fingerprint density at radius 2 is 2.06 bits per heavy atom. The monoisotopic (exact) mass is 440 g/mol. The van der Waals surface area contributed by atoms with Crippen molar-refractivity contribution in [3.8, 4) is 11.1 Å². The Morgan fingerprint density at radius 3 is 2.78 bits per heavy atom. The van der Waals surface area contributed by atoms with Crippen molar-refractivity contribution in [2.45, 2.75) is 57.2 Å². The molecule has 3 aromatic rings. The SMILES string of the molecule is COC[C@H](C)Nc1ncc2c(-c3cnn(CC4COC4)c3)cc([C@H]3CC[C@H](O)CC3)n2n1. The lowest BCUT2D eigenvalue weighted by molar-refractivity contribution is -0.0408. The predicted molar refractivity (Wildman–Crippen MR) is 121 cm³/mol. The highest BCUT2D eigenvalue weighted by atomic mass is 16.5. The highest BCUT2D eigenvalue weighted by molar-refractivity contribution is 5.81. The number of nitrogens with one attached hydrogen (secondary N) is 1. The standard InChI is InChI=1S/C23H32N6O3/c1-15(12-31-2)26-23-24-9-22-20(18-8-25-28(11-18)10-16-13-32-14-16)7-21(29(22)27-23)17-3-5-19(30)6-4-17/h7-9,11,15-17,19,30H,3-6,10,12-14H2,1-2H3,(H,26,27)/t15-,17-,19-/m0/s1. The molecule has 9 nitrogen and oxygen atoms in total. The Morgan fingerprint density at radius 1 is 1.25 bits per heavy atom. The minimum absolute atomic E-state index is 0.106. The molecule has 1 atom stereocenters. The zero-order chi connectivity index (χ0) is 22.1. The molecular formula is C23H32N6O3. The van der Waals surface area contributed by atoms with Gasteiger partial charge in [0.25, 0.3) is 0 Å². The fraction of sp³-hybridized carbons (Fsp3) is 0.609. The minimum atomic E-state index is -0.188. The molecule has 1 aliphatic carbocycles. The maximum Gasteiger partial charge on any atom is 0.241 e. The molecule has 4 heterocycles. The lowest BCUT2D eigenvalue weighted by Gasteiger charge is -2.25. The smallest absolute Gasteiger partial charge is 0.241 e. The van der Waals surface area contributed by atoms with Gasteiger partial charge in [-0.2, -0.15) is 5.10 Å². The van der Waals surface area contributed by atoms with Crippen LogP contribution < -0.4 is 5.32 Å². The Kier molecular flexibility index (Phi) is 6.12. The van der Waals surface area contributed by atoms with Crippen LogP contribution in [0, 0.1) is 5.92 Å². The van der Waals surface area contributed by atoms with Gasteiger partial charge in [-0.05, 0) is 38.7 Å². The van der Waals surface area contributed by atoms with Gasteiger partial charge >= 0.3 is 0 Å². The van der Waals surface area contributed by atoms with E-state index >= 15 is 0 Å². The van der Waals surface area contributed by atoms with Crippen LogP contribution in [0.15, 0.2) is 24.7 Å². The number of hydrogen-bond donors (Lipinski definition) is 2. The Balaban J connectivity index is 1.49. The lowest BCUT2D eigenvalue weighted by atomic mass is 9.85. The van der Waals surface area contributed by atoms with Crippen LogP contribution in [0.1, 0.15) is 44.2 Å². The van der Waals surface area contributed by atoms with Crippen LogP contribution >= 0.6 is 0 Å². The first-order chi connectivity index (χ1) is 15.6. The van der Waals surface area contributed by atoms with E-state index in [1.165, 1.54) is 5.69 Å². The van der Waals surface area contributed by atoms with Gasteiger partial charge < -0.3 is 19.9 Å². The maximum absolute atomic E-state index is 9.99. The quantitative estimate of drug-likeness (QED) is 0.556. The van der Waals surface area contributed by atoms with E-state index in [1.807, 2.05) is 28.5 Å². The van der Waals surface area contributed by atoms with E-state index < -0.39 is 0 Å².